The number of para-hydroxylation sites is 2. The molecule has 0 bridgehead atoms. The first kappa shape index (κ1) is 37.1. The van der Waals surface area contributed by atoms with Crippen LogP contribution in [0, 0.1) is 0 Å². The lowest BCUT2D eigenvalue weighted by molar-refractivity contribution is 0.446. The first-order valence-electron chi connectivity index (χ1n) is 18.9. The van der Waals surface area contributed by atoms with Gasteiger partial charge in [-0.2, -0.15) is 0 Å². The quantitative estimate of drug-likeness (QED) is 0.189. The van der Waals surface area contributed by atoms with Gasteiger partial charge in [0.2, 0.25) is 0 Å². The maximum Gasteiger partial charge on any atom is 0.149 e. The Labute approximate surface area is 312 Å². The number of fused-ring (bicyclic) bond motifs is 1. The monoisotopic (exact) mass is 691 g/mol. The van der Waals surface area contributed by atoms with Crippen LogP contribution in [0.1, 0.15) is 130 Å². The summed E-state index contributed by atoms with van der Waals surface area (Å²) < 4.78 is 2.35. The molecule has 4 heteroatoms. The van der Waals surface area contributed by atoms with Crippen molar-refractivity contribution in [2.45, 2.75) is 118 Å². The standard InChI is InChI=1S/C48H57N3O/c1-29(2)35-18-16-19-36(30(3)4)43(35)51-41-22-17-20-37(31-24-32(40-21-14-15-23-49-40)26-33(25-31)46(5,6)7)42(41)50-45(51)38-27-34(47(8,9)10)28-39(44(38)52)48(11,12)13/h14-30,52H,1-13H3. The fourth-order valence-electron chi connectivity index (χ4n) is 7.22. The van der Waals surface area contributed by atoms with Crippen molar-refractivity contribution in [3.8, 4) is 45.2 Å². The highest BCUT2D eigenvalue weighted by Gasteiger charge is 2.30. The number of hydrogen-bond donors (Lipinski definition) is 1. The topological polar surface area (TPSA) is 50.9 Å². The lowest BCUT2D eigenvalue weighted by Gasteiger charge is -2.28. The number of rotatable bonds is 6. The lowest BCUT2D eigenvalue weighted by atomic mass is 9.79. The van der Waals surface area contributed by atoms with Crippen molar-refractivity contribution in [2.75, 3.05) is 0 Å². The third-order valence-corrected chi connectivity index (χ3v) is 10.3. The van der Waals surface area contributed by atoms with Crippen molar-refractivity contribution in [3.63, 3.8) is 0 Å². The van der Waals surface area contributed by atoms with Gasteiger partial charge >= 0.3 is 0 Å². The Morgan fingerprint density at radius 2 is 1.19 bits per heavy atom. The molecule has 1 N–H and O–H groups in total. The summed E-state index contributed by atoms with van der Waals surface area (Å²) in [6, 6.07) is 30.5. The van der Waals surface area contributed by atoms with Gasteiger partial charge in [0.1, 0.15) is 11.6 Å². The van der Waals surface area contributed by atoms with E-state index in [0.717, 1.165) is 56.1 Å². The molecule has 2 heterocycles. The maximum atomic E-state index is 12.3. The Bertz CT molecular complexity index is 2220. The van der Waals surface area contributed by atoms with Gasteiger partial charge in [-0.15, -0.1) is 0 Å². The van der Waals surface area contributed by atoms with Crippen LogP contribution in [0.3, 0.4) is 0 Å². The molecular formula is C48H57N3O. The van der Waals surface area contributed by atoms with Crippen LogP contribution in [0.25, 0.3) is 50.5 Å². The molecular weight excluding hydrogens is 635 g/mol. The van der Waals surface area contributed by atoms with E-state index in [9.17, 15) is 5.11 Å². The fourth-order valence-corrected chi connectivity index (χ4v) is 7.22. The number of benzene rings is 4. The van der Waals surface area contributed by atoms with Gasteiger partial charge < -0.3 is 5.11 Å². The van der Waals surface area contributed by atoms with Crippen LogP contribution in [0.15, 0.2) is 91.1 Å². The number of aromatic nitrogens is 3. The van der Waals surface area contributed by atoms with Crippen LogP contribution < -0.4 is 0 Å². The van der Waals surface area contributed by atoms with Gasteiger partial charge in [-0.1, -0.05) is 139 Å². The summed E-state index contributed by atoms with van der Waals surface area (Å²) >= 11 is 0. The smallest absolute Gasteiger partial charge is 0.149 e. The number of hydrogen-bond acceptors (Lipinski definition) is 3. The largest absolute Gasteiger partial charge is 0.507 e. The predicted molar refractivity (Wildman–Crippen MR) is 221 cm³/mol. The van der Waals surface area contributed by atoms with Crippen LogP contribution >= 0.6 is 0 Å². The fraction of sp³-hybridized carbons (Fsp3) is 0.375. The highest BCUT2D eigenvalue weighted by molar-refractivity contribution is 5.97. The molecule has 0 aliphatic rings. The SMILES string of the molecule is CC(C)c1cccc(C(C)C)c1-n1c(-c2cc(C(C)(C)C)cc(C(C)(C)C)c2O)nc2c(-c3cc(-c4ccccn4)cc(C(C)(C)C)c3)cccc21. The van der Waals surface area contributed by atoms with E-state index in [1.807, 2.05) is 18.3 Å². The zero-order valence-electron chi connectivity index (χ0n) is 33.6. The molecule has 6 aromatic rings. The number of imidazole rings is 1. The molecule has 0 aliphatic heterocycles. The van der Waals surface area contributed by atoms with Gasteiger partial charge in [-0.25, -0.2) is 4.98 Å². The third-order valence-electron chi connectivity index (χ3n) is 10.3. The van der Waals surface area contributed by atoms with Crippen molar-refractivity contribution in [3.05, 3.63) is 119 Å². The van der Waals surface area contributed by atoms with E-state index < -0.39 is 0 Å². The Kier molecular flexibility index (Phi) is 9.53. The average Bonchev–Trinajstić information content (AvgIpc) is 3.46. The Balaban J connectivity index is 1.80. The summed E-state index contributed by atoms with van der Waals surface area (Å²) in [4.78, 5) is 10.4. The summed E-state index contributed by atoms with van der Waals surface area (Å²) in [5.41, 5.74) is 13.3. The van der Waals surface area contributed by atoms with Gasteiger partial charge in [-0.3, -0.25) is 9.55 Å². The zero-order valence-corrected chi connectivity index (χ0v) is 33.6. The van der Waals surface area contributed by atoms with Gasteiger partial charge in [-0.05, 0) is 92.3 Å². The normalized spacial score (nSPS) is 12.8. The third kappa shape index (κ3) is 6.93. The maximum absolute atomic E-state index is 12.3. The van der Waals surface area contributed by atoms with E-state index >= 15 is 0 Å². The van der Waals surface area contributed by atoms with Gasteiger partial charge in [0.25, 0.3) is 0 Å². The molecule has 0 amide bonds. The Morgan fingerprint density at radius 3 is 1.75 bits per heavy atom. The summed E-state index contributed by atoms with van der Waals surface area (Å²) in [6.07, 6.45) is 1.86. The van der Waals surface area contributed by atoms with Gasteiger partial charge in [0.15, 0.2) is 0 Å². The second-order valence-electron chi connectivity index (χ2n) is 18.2. The highest BCUT2D eigenvalue weighted by Crippen LogP contribution is 2.46. The number of phenols is 1. The predicted octanol–water partition coefficient (Wildman–Crippen LogP) is 13.3. The van der Waals surface area contributed by atoms with Crippen LogP contribution in [0.4, 0.5) is 0 Å². The summed E-state index contributed by atoms with van der Waals surface area (Å²) in [5.74, 6) is 1.58. The first-order chi connectivity index (χ1) is 24.3. The molecule has 4 nitrogen and oxygen atoms in total. The average molecular weight is 692 g/mol. The molecule has 0 saturated carbocycles. The van der Waals surface area contributed by atoms with Crippen molar-refractivity contribution in [2.24, 2.45) is 0 Å². The highest BCUT2D eigenvalue weighted by atomic mass is 16.3. The molecule has 52 heavy (non-hydrogen) atoms. The minimum Gasteiger partial charge on any atom is -0.507 e. The van der Waals surface area contributed by atoms with Crippen LogP contribution in [-0.4, -0.2) is 19.6 Å². The molecule has 0 saturated heterocycles. The molecule has 6 rings (SSSR count). The van der Waals surface area contributed by atoms with E-state index in [4.69, 9.17) is 9.97 Å². The van der Waals surface area contributed by atoms with Gasteiger partial charge in [0, 0.05) is 22.9 Å². The van der Waals surface area contributed by atoms with Crippen molar-refractivity contribution in [1.82, 2.24) is 14.5 Å². The van der Waals surface area contributed by atoms with E-state index in [1.54, 1.807) is 0 Å². The first-order valence-corrected chi connectivity index (χ1v) is 18.9. The van der Waals surface area contributed by atoms with Crippen molar-refractivity contribution >= 4 is 11.0 Å². The summed E-state index contributed by atoms with van der Waals surface area (Å²) in [7, 11) is 0. The van der Waals surface area contributed by atoms with E-state index in [1.165, 1.54) is 22.3 Å². The summed E-state index contributed by atoms with van der Waals surface area (Å²) in [6.45, 7) is 29.1. The molecule has 0 fully saturated rings. The number of pyridine rings is 1. The van der Waals surface area contributed by atoms with E-state index in [2.05, 4.69) is 167 Å². The van der Waals surface area contributed by atoms with Crippen molar-refractivity contribution < 1.29 is 5.11 Å². The summed E-state index contributed by atoms with van der Waals surface area (Å²) in [5, 5.41) is 12.3. The second kappa shape index (κ2) is 13.4. The zero-order chi connectivity index (χ0) is 37.9. The lowest BCUT2D eigenvalue weighted by Crippen LogP contribution is -2.17. The van der Waals surface area contributed by atoms with Crippen LogP contribution in [-0.2, 0) is 16.2 Å². The Morgan fingerprint density at radius 1 is 0.596 bits per heavy atom. The van der Waals surface area contributed by atoms with Gasteiger partial charge in [0.05, 0.1) is 28.0 Å². The molecule has 0 spiro atoms. The van der Waals surface area contributed by atoms with Crippen LogP contribution in [0.2, 0.25) is 0 Å². The molecule has 0 radical (unpaired) electrons. The van der Waals surface area contributed by atoms with E-state index in [-0.39, 0.29) is 28.1 Å². The molecule has 2 aromatic heterocycles. The molecule has 4 aromatic carbocycles. The molecule has 270 valence electrons. The molecule has 0 unspecified atom stereocenters. The second-order valence-corrected chi connectivity index (χ2v) is 18.2. The number of phenolic OH excluding ortho intramolecular Hbond substituents is 1. The number of nitrogens with zero attached hydrogens (tertiary/aromatic N) is 3. The molecule has 0 aliphatic carbocycles. The van der Waals surface area contributed by atoms with Crippen LogP contribution in [0.5, 0.6) is 5.75 Å². The number of aromatic hydroxyl groups is 1. The molecule has 0 atom stereocenters. The van der Waals surface area contributed by atoms with Crippen molar-refractivity contribution in [1.29, 1.82) is 0 Å². The van der Waals surface area contributed by atoms with E-state index in [0.29, 0.717) is 5.75 Å². The Hall–Kier alpha value is -4.70. The minimum atomic E-state index is -0.281. The minimum absolute atomic E-state index is 0.0805.